The number of thiazole rings is 1. The molecule has 148 valence electrons. The Hall–Kier alpha value is -1.84. The molecule has 0 radical (unpaired) electrons. The molecule has 0 aliphatic carbocycles. The third-order valence-corrected chi connectivity index (χ3v) is 6.92. The normalized spacial score (nSPS) is 19.6. The molecule has 5 N–H and O–H groups in total. The molecule has 0 saturated carbocycles. The van der Waals surface area contributed by atoms with Crippen molar-refractivity contribution in [2.24, 2.45) is 0 Å². The molecule has 0 amide bonds. The summed E-state index contributed by atoms with van der Waals surface area (Å²) < 4.78 is 3.15. The predicted octanol–water partition coefficient (Wildman–Crippen LogP) is 1.34. The summed E-state index contributed by atoms with van der Waals surface area (Å²) in [4.78, 5) is 17.9. The van der Waals surface area contributed by atoms with Gasteiger partial charge >= 0.3 is 5.69 Å². The molecule has 2 aromatic rings. The van der Waals surface area contributed by atoms with E-state index in [0.29, 0.717) is 28.9 Å². The first kappa shape index (κ1) is 18.5. The zero-order chi connectivity index (χ0) is 19.0. The van der Waals surface area contributed by atoms with Crippen LogP contribution in [0.4, 0.5) is 5.82 Å². The van der Waals surface area contributed by atoms with Crippen molar-refractivity contribution in [3.63, 3.8) is 0 Å². The minimum Gasteiger partial charge on any atom is -0.493 e. The lowest BCUT2D eigenvalue weighted by Gasteiger charge is -2.23. The summed E-state index contributed by atoms with van der Waals surface area (Å²) in [5.74, 6) is 0.839. The Kier molecular flexibility index (Phi) is 5.25. The summed E-state index contributed by atoms with van der Waals surface area (Å²) in [6.07, 6.45) is 4.28. The van der Waals surface area contributed by atoms with Gasteiger partial charge in [0.15, 0.2) is 5.82 Å². The SMILES string of the molecule is CCc1c(O)n(C2CCNCC2)c(=O)n1-c1sc(C2CCNCC2)nc1N. The highest BCUT2D eigenvalue weighted by Crippen LogP contribution is 2.36. The maximum Gasteiger partial charge on any atom is 0.336 e. The molecular weight excluding hydrogens is 364 g/mol. The van der Waals surface area contributed by atoms with E-state index in [2.05, 4.69) is 15.6 Å². The summed E-state index contributed by atoms with van der Waals surface area (Å²) in [6.45, 7) is 5.61. The van der Waals surface area contributed by atoms with Crippen LogP contribution >= 0.6 is 11.3 Å². The molecule has 0 atom stereocenters. The largest absolute Gasteiger partial charge is 0.493 e. The molecule has 9 heteroatoms. The molecule has 0 aromatic carbocycles. The van der Waals surface area contributed by atoms with E-state index in [-0.39, 0.29) is 17.6 Å². The first-order valence-corrected chi connectivity index (χ1v) is 10.7. The van der Waals surface area contributed by atoms with Crippen molar-refractivity contribution in [2.75, 3.05) is 31.9 Å². The van der Waals surface area contributed by atoms with Gasteiger partial charge in [0.05, 0.1) is 5.69 Å². The van der Waals surface area contributed by atoms with Crippen LogP contribution in [0.15, 0.2) is 4.79 Å². The van der Waals surface area contributed by atoms with Crippen molar-refractivity contribution in [1.29, 1.82) is 0 Å². The smallest absolute Gasteiger partial charge is 0.336 e. The number of imidazole rings is 1. The molecule has 0 unspecified atom stereocenters. The number of piperidine rings is 2. The van der Waals surface area contributed by atoms with E-state index in [1.165, 1.54) is 11.3 Å². The van der Waals surface area contributed by atoms with Crippen molar-refractivity contribution in [3.8, 4) is 10.9 Å². The topological polar surface area (TPSA) is 110 Å². The number of anilines is 1. The van der Waals surface area contributed by atoms with Crippen LogP contribution in [-0.2, 0) is 6.42 Å². The second-order valence-electron chi connectivity index (χ2n) is 7.36. The molecule has 2 aliphatic heterocycles. The van der Waals surface area contributed by atoms with Crippen LogP contribution in [0.5, 0.6) is 5.88 Å². The van der Waals surface area contributed by atoms with Gasteiger partial charge in [-0.05, 0) is 58.3 Å². The Morgan fingerprint density at radius 2 is 1.81 bits per heavy atom. The third-order valence-electron chi connectivity index (χ3n) is 5.70. The molecule has 2 fully saturated rings. The van der Waals surface area contributed by atoms with E-state index in [4.69, 9.17) is 5.73 Å². The summed E-state index contributed by atoms with van der Waals surface area (Å²) in [7, 11) is 0. The third kappa shape index (κ3) is 3.28. The van der Waals surface area contributed by atoms with Crippen LogP contribution in [-0.4, -0.2) is 45.4 Å². The van der Waals surface area contributed by atoms with Crippen LogP contribution in [0.2, 0.25) is 0 Å². The second kappa shape index (κ2) is 7.65. The van der Waals surface area contributed by atoms with Gasteiger partial charge in [0.2, 0.25) is 5.88 Å². The number of rotatable bonds is 4. The van der Waals surface area contributed by atoms with Crippen LogP contribution in [0, 0.1) is 0 Å². The summed E-state index contributed by atoms with van der Waals surface area (Å²) in [5, 5.41) is 19.1. The standard InChI is InChI=1S/C18H28N6O2S/c1-2-13-16(25)23(12-5-9-21-10-6-12)18(26)24(13)17-14(19)22-15(27-17)11-3-7-20-8-4-11/h11-12,20-21,25H,2-10,19H2,1H3. The number of nitrogens with zero attached hydrogens (tertiary/aromatic N) is 3. The number of nitrogen functional groups attached to an aromatic ring is 1. The van der Waals surface area contributed by atoms with Crippen molar-refractivity contribution in [3.05, 3.63) is 21.2 Å². The highest BCUT2D eigenvalue weighted by Gasteiger charge is 2.29. The highest BCUT2D eigenvalue weighted by molar-refractivity contribution is 7.14. The molecule has 0 spiro atoms. The lowest BCUT2D eigenvalue weighted by atomic mass is 9.99. The van der Waals surface area contributed by atoms with E-state index in [1.807, 2.05) is 6.92 Å². The number of aromatic nitrogens is 3. The highest BCUT2D eigenvalue weighted by atomic mass is 32.1. The molecule has 2 aliphatic rings. The first-order chi connectivity index (χ1) is 13.1. The minimum absolute atomic E-state index is 0.0170. The first-order valence-electron chi connectivity index (χ1n) is 9.84. The van der Waals surface area contributed by atoms with Gasteiger partial charge in [-0.3, -0.25) is 4.57 Å². The minimum atomic E-state index is -0.205. The molecule has 2 saturated heterocycles. The maximum atomic E-state index is 13.3. The number of aromatic hydroxyl groups is 1. The van der Waals surface area contributed by atoms with Gasteiger partial charge < -0.3 is 21.5 Å². The van der Waals surface area contributed by atoms with Gasteiger partial charge in [-0.15, -0.1) is 0 Å². The average Bonchev–Trinajstić information content (AvgIpc) is 3.19. The van der Waals surface area contributed by atoms with Crippen LogP contribution in [0.25, 0.3) is 5.00 Å². The second-order valence-corrected chi connectivity index (χ2v) is 8.37. The number of nitrogens with one attached hydrogen (secondary N) is 2. The van der Waals surface area contributed by atoms with Crippen LogP contribution < -0.4 is 22.1 Å². The zero-order valence-corrected chi connectivity index (χ0v) is 16.5. The van der Waals surface area contributed by atoms with E-state index in [9.17, 15) is 9.90 Å². The number of hydrogen-bond acceptors (Lipinski definition) is 7. The molecule has 8 nitrogen and oxygen atoms in total. The monoisotopic (exact) mass is 392 g/mol. The van der Waals surface area contributed by atoms with Crippen molar-refractivity contribution < 1.29 is 5.11 Å². The van der Waals surface area contributed by atoms with Gasteiger partial charge in [0.25, 0.3) is 0 Å². The maximum absolute atomic E-state index is 13.3. The summed E-state index contributed by atoms with van der Waals surface area (Å²) in [6, 6.07) is 0.0170. The van der Waals surface area contributed by atoms with E-state index in [0.717, 1.165) is 56.9 Å². The average molecular weight is 393 g/mol. The Bertz CT molecular complexity index is 858. The van der Waals surface area contributed by atoms with Crippen molar-refractivity contribution in [2.45, 2.75) is 51.0 Å². The molecule has 27 heavy (non-hydrogen) atoms. The van der Waals surface area contributed by atoms with Crippen LogP contribution in [0.1, 0.15) is 55.3 Å². The number of hydrogen-bond donors (Lipinski definition) is 4. The van der Waals surface area contributed by atoms with Gasteiger partial charge in [0, 0.05) is 12.0 Å². The predicted molar refractivity (Wildman–Crippen MR) is 107 cm³/mol. The lowest BCUT2D eigenvalue weighted by Crippen LogP contribution is -2.34. The van der Waals surface area contributed by atoms with Gasteiger partial charge in [0.1, 0.15) is 10.0 Å². The molecular formula is C18H28N6O2S. The lowest BCUT2D eigenvalue weighted by molar-refractivity contribution is 0.316. The van der Waals surface area contributed by atoms with Gasteiger partial charge in [-0.2, -0.15) is 0 Å². The Morgan fingerprint density at radius 3 is 2.44 bits per heavy atom. The Balaban J connectivity index is 1.77. The van der Waals surface area contributed by atoms with E-state index >= 15 is 0 Å². The Labute approximate surface area is 162 Å². The summed E-state index contributed by atoms with van der Waals surface area (Å²) in [5.41, 5.74) is 6.64. The van der Waals surface area contributed by atoms with E-state index in [1.54, 1.807) is 9.13 Å². The molecule has 0 bridgehead atoms. The van der Waals surface area contributed by atoms with E-state index < -0.39 is 0 Å². The van der Waals surface area contributed by atoms with Gasteiger partial charge in [-0.25, -0.2) is 14.3 Å². The molecule has 4 heterocycles. The fourth-order valence-corrected chi connectivity index (χ4v) is 5.39. The number of nitrogens with two attached hydrogens (primary N) is 1. The fourth-order valence-electron chi connectivity index (χ4n) is 4.22. The van der Waals surface area contributed by atoms with Crippen molar-refractivity contribution >= 4 is 17.2 Å². The zero-order valence-electron chi connectivity index (χ0n) is 15.7. The summed E-state index contributed by atoms with van der Waals surface area (Å²) >= 11 is 1.49. The Morgan fingerprint density at radius 1 is 1.19 bits per heavy atom. The van der Waals surface area contributed by atoms with Crippen LogP contribution in [0.3, 0.4) is 0 Å². The van der Waals surface area contributed by atoms with Crippen molar-refractivity contribution in [1.82, 2.24) is 24.8 Å². The van der Waals surface area contributed by atoms with Gasteiger partial charge in [-0.1, -0.05) is 18.3 Å². The fraction of sp³-hybridized carbons (Fsp3) is 0.667. The molecule has 4 rings (SSSR count). The molecule has 2 aromatic heterocycles. The quantitative estimate of drug-likeness (QED) is 0.625.